The standard InChI is InChI=1S/C15H25BrN2O2S/c1-5-12(6-2)18(10-11(3)4)21(19,20)13-7-8-14(16)15(17)9-13/h7-9,11-12H,5-6,10,17H2,1-4H3. The Labute approximate surface area is 136 Å². The Bertz CT molecular complexity index is 569. The molecule has 0 unspecified atom stereocenters. The Hall–Kier alpha value is -0.590. The van der Waals surface area contributed by atoms with E-state index in [1.165, 1.54) is 6.07 Å². The van der Waals surface area contributed by atoms with Crippen molar-refractivity contribution in [2.45, 2.75) is 51.5 Å². The van der Waals surface area contributed by atoms with Crippen LogP contribution in [0.5, 0.6) is 0 Å². The molecule has 0 radical (unpaired) electrons. The molecule has 2 N–H and O–H groups in total. The van der Waals surface area contributed by atoms with Crippen molar-refractivity contribution in [3.8, 4) is 0 Å². The molecule has 0 saturated carbocycles. The first-order valence-corrected chi connectivity index (χ1v) is 9.54. The van der Waals surface area contributed by atoms with E-state index in [4.69, 9.17) is 5.73 Å². The van der Waals surface area contributed by atoms with Gasteiger partial charge in [0.1, 0.15) is 0 Å². The molecule has 21 heavy (non-hydrogen) atoms. The van der Waals surface area contributed by atoms with Crippen LogP contribution in [-0.2, 0) is 10.0 Å². The molecule has 1 aromatic carbocycles. The summed E-state index contributed by atoms with van der Waals surface area (Å²) in [6.45, 7) is 8.62. The van der Waals surface area contributed by atoms with Gasteiger partial charge in [-0.1, -0.05) is 27.7 Å². The molecule has 1 aromatic rings. The maximum atomic E-state index is 12.9. The fraction of sp³-hybridized carbons (Fsp3) is 0.600. The van der Waals surface area contributed by atoms with Crippen LogP contribution in [0.4, 0.5) is 5.69 Å². The Morgan fingerprint density at radius 2 is 1.81 bits per heavy atom. The molecule has 0 aliphatic heterocycles. The van der Waals surface area contributed by atoms with Crippen molar-refractivity contribution in [1.82, 2.24) is 4.31 Å². The minimum absolute atomic E-state index is 0.0160. The molecule has 0 atom stereocenters. The summed E-state index contributed by atoms with van der Waals surface area (Å²) in [5.41, 5.74) is 6.27. The third-order valence-electron chi connectivity index (χ3n) is 3.47. The quantitative estimate of drug-likeness (QED) is 0.734. The molecule has 1 rings (SSSR count). The van der Waals surface area contributed by atoms with Crippen LogP contribution >= 0.6 is 15.9 Å². The summed E-state index contributed by atoms with van der Waals surface area (Å²) in [4.78, 5) is 0.260. The predicted octanol–water partition coefficient (Wildman–Crippen LogP) is 3.87. The molecule has 0 amide bonds. The number of benzene rings is 1. The zero-order valence-electron chi connectivity index (χ0n) is 13.1. The van der Waals surface area contributed by atoms with Crippen molar-refractivity contribution in [2.75, 3.05) is 12.3 Å². The Balaban J connectivity index is 3.28. The molecule has 0 heterocycles. The summed E-state index contributed by atoms with van der Waals surface area (Å²) >= 11 is 3.30. The SMILES string of the molecule is CCC(CC)N(CC(C)C)S(=O)(=O)c1ccc(Br)c(N)c1. The lowest BCUT2D eigenvalue weighted by Crippen LogP contribution is -2.41. The summed E-state index contributed by atoms with van der Waals surface area (Å²) in [5.74, 6) is 0.271. The molecule has 0 bridgehead atoms. The first kappa shape index (κ1) is 18.5. The lowest BCUT2D eigenvalue weighted by molar-refractivity contribution is 0.277. The molecule has 0 spiro atoms. The monoisotopic (exact) mass is 376 g/mol. The predicted molar refractivity (Wildman–Crippen MR) is 91.7 cm³/mol. The van der Waals surface area contributed by atoms with Gasteiger partial charge in [-0.05, 0) is 52.9 Å². The normalized spacial score (nSPS) is 12.6. The van der Waals surface area contributed by atoms with Gasteiger partial charge in [0.15, 0.2) is 0 Å². The molecule has 0 aliphatic rings. The smallest absolute Gasteiger partial charge is 0.243 e. The highest BCUT2D eigenvalue weighted by atomic mass is 79.9. The van der Waals surface area contributed by atoms with Crippen LogP contribution in [0.25, 0.3) is 0 Å². The lowest BCUT2D eigenvalue weighted by atomic mass is 10.1. The number of nitrogens with zero attached hydrogens (tertiary/aromatic N) is 1. The van der Waals surface area contributed by atoms with E-state index < -0.39 is 10.0 Å². The molecular weight excluding hydrogens is 352 g/mol. The summed E-state index contributed by atoms with van der Waals surface area (Å²) in [7, 11) is -3.53. The maximum Gasteiger partial charge on any atom is 0.243 e. The van der Waals surface area contributed by atoms with Gasteiger partial charge in [0, 0.05) is 22.7 Å². The topological polar surface area (TPSA) is 63.4 Å². The van der Waals surface area contributed by atoms with Crippen molar-refractivity contribution >= 4 is 31.6 Å². The number of hydrogen-bond acceptors (Lipinski definition) is 3. The van der Waals surface area contributed by atoms with Crippen LogP contribution in [0.1, 0.15) is 40.5 Å². The Kier molecular flexibility index (Phi) is 6.69. The molecule has 0 saturated heterocycles. The van der Waals surface area contributed by atoms with Gasteiger partial charge in [-0.2, -0.15) is 4.31 Å². The van der Waals surface area contributed by atoms with Gasteiger partial charge in [-0.25, -0.2) is 8.42 Å². The van der Waals surface area contributed by atoms with E-state index in [-0.39, 0.29) is 16.9 Å². The molecule has 0 aromatic heterocycles. The van der Waals surface area contributed by atoms with E-state index in [0.29, 0.717) is 16.7 Å². The Morgan fingerprint density at radius 3 is 2.24 bits per heavy atom. The second-order valence-electron chi connectivity index (χ2n) is 5.62. The van der Waals surface area contributed by atoms with E-state index in [1.54, 1.807) is 16.4 Å². The molecular formula is C15H25BrN2O2S. The van der Waals surface area contributed by atoms with Gasteiger partial charge < -0.3 is 5.73 Å². The second-order valence-corrected chi connectivity index (χ2v) is 8.37. The summed E-state index contributed by atoms with van der Waals surface area (Å²) in [6, 6.07) is 4.82. The second kappa shape index (κ2) is 7.61. The van der Waals surface area contributed by atoms with Crippen molar-refractivity contribution in [1.29, 1.82) is 0 Å². The molecule has 6 heteroatoms. The molecule has 120 valence electrons. The van der Waals surface area contributed by atoms with Gasteiger partial charge in [0.05, 0.1) is 4.90 Å². The number of rotatable bonds is 7. The number of nitrogen functional groups attached to an aromatic ring is 1. The summed E-state index contributed by atoms with van der Waals surface area (Å²) in [5, 5.41) is 0. The number of nitrogens with two attached hydrogens (primary N) is 1. The van der Waals surface area contributed by atoms with Gasteiger partial charge in [0.2, 0.25) is 10.0 Å². The first-order chi connectivity index (χ1) is 9.73. The van der Waals surface area contributed by atoms with Crippen LogP contribution in [-0.4, -0.2) is 25.3 Å². The first-order valence-electron chi connectivity index (χ1n) is 7.30. The van der Waals surface area contributed by atoms with E-state index in [0.717, 1.165) is 12.8 Å². The van der Waals surface area contributed by atoms with Gasteiger partial charge in [-0.15, -0.1) is 0 Å². The van der Waals surface area contributed by atoms with E-state index in [9.17, 15) is 8.42 Å². The van der Waals surface area contributed by atoms with Crippen molar-refractivity contribution in [3.05, 3.63) is 22.7 Å². The minimum Gasteiger partial charge on any atom is -0.398 e. The highest BCUT2D eigenvalue weighted by Gasteiger charge is 2.30. The highest BCUT2D eigenvalue weighted by Crippen LogP contribution is 2.27. The third kappa shape index (κ3) is 4.44. The fourth-order valence-electron chi connectivity index (χ4n) is 2.32. The average Bonchev–Trinajstić information content (AvgIpc) is 2.41. The van der Waals surface area contributed by atoms with Crippen molar-refractivity contribution in [2.24, 2.45) is 5.92 Å². The zero-order valence-corrected chi connectivity index (χ0v) is 15.5. The average molecular weight is 377 g/mol. The molecule has 4 nitrogen and oxygen atoms in total. The van der Waals surface area contributed by atoms with E-state index in [1.807, 2.05) is 27.7 Å². The largest absolute Gasteiger partial charge is 0.398 e. The van der Waals surface area contributed by atoms with Crippen LogP contribution in [0.15, 0.2) is 27.6 Å². The zero-order chi connectivity index (χ0) is 16.2. The van der Waals surface area contributed by atoms with E-state index >= 15 is 0 Å². The van der Waals surface area contributed by atoms with Gasteiger partial charge in [0.25, 0.3) is 0 Å². The van der Waals surface area contributed by atoms with Gasteiger partial charge >= 0.3 is 0 Å². The fourth-order valence-corrected chi connectivity index (χ4v) is 4.54. The highest BCUT2D eigenvalue weighted by molar-refractivity contribution is 9.10. The minimum atomic E-state index is -3.53. The number of sulfonamides is 1. The molecule has 0 aliphatic carbocycles. The third-order valence-corrected chi connectivity index (χ3v) is 6.11. The summed E-state index contributed by atoms with van der Waals surface area (Å²) < 4.78 is 28.2. The van der Waals surface area contributed by atoms with Gasteiger partial charge in [-0.3, -0.25) is 0 Å². The van der Waals surface area contributed by atoms with Crippen LogP contribution in [0, 0.1) is 5.92 Å². The van der Waals surface area contributed by atoms with E-state index in [2.05, 4.69) is 15.9 Å². The number of hydrogen-bond donors (Lipinski definition) is 1. The summed E-state index contributed by atoms with van der Waals surface area (Å²) in [6.07, 6.45) is 1.60. The van der Waals surface area contributed by atoms with Crippen LogP contribution in [0.3, 0.4) is 0 Å². The lowest BCUT2D eigenvalue weighted by Gasteiger charge is -2.31. The van der Waals surface area contributed by atoms with Crippen molar-refractivity contribution < 1.29 is 8.42 Å². The van der Waals surface area contributed by atoms with Crippen LogP contribution in [0.2, 0.25) is 0 Å². The number of anilines is 1. The van der Waals surface area contributed by atoms with Crippen LogP contribution < -0.4 is 5.73 Å². The number of halogens is 1. The van der Waals surface area contributed by atoms with Crippen molar-refractivity contribution in [3.63, 3.8) is 0 Å². The maximum absolute atomic E-state index is 12.9. The molecule has 0 fully saturated rings. The Morgan fingerprint density at radius 1 is 1.24 bits per heavy atom.